The lowest BCUT2D eigenvalue weighted by Gasteiger charge is -2.00. The number of aryl methyl sites for hydroxylation is 1. The molecule has 0 aliphatic carbocycles. The fourth-order valence-corrected chi connectivity index (χ4v) is 1.21. The van der Waals surface area contributed by atoms with Crippen molar-refractivity contribution in [3.05, 3.63) is 24.2 Å². The first-order valence-corrected chi connectivity index (χ1v) is 4.27. The van der Waals surface area contributed by atoms with Crippen molar-refractivity contribution in [2.75, 3.05) is 11.1 Å². The first kappa shape index (κ1) is 8.61. The van der Waals surface area contributed by atoms with Gasteiger partial charge in [0.25, 0.3) is 0 Å². The van der Waals surface area contributed by atoms with Gasteiger partial charge in [-0.25, -0.2) is 0 Å². The van der Waals surface area contributed by atoms with Gasteiger partial charge in [-0.2, -0.15) is 10.2 Å². The number of H-pyrrole nitrogens is 1. The van der Waals surface area contributed by atoms with Crippen LogP contribution in [0.25, 0.3) is 0 Å². The Morgan fingerprint density at radius 2 is 2.50 bits per heavy atom. The van der Waals surface area contributed by atoms with E-state index >= 15 is 0 Å². The van der Waals surface area contributed by atoms with Gasteiger partial charge in [0.1, 0.15) is 0 Å². The molecule has 0 spiro atoms. The van der Waals surface area contributed by atoms with Crippen molar-refractivity contribution in [1.82, 2.24) is 20.0 Å². The summed E-state index contributed by atoms with van der Waals surface area (Å²) in [5.41, 5.74) is 7.35. The predicted molar refractivity (Wildman–Crippen MR) is 53.5 cm³/mol. The normalized spacial score (nSPS) is 10.4. The van der Waals surface area contributed by atoms with Crippen molar-refractivity contribution in [2.45, 2.75) is 6.54 Å². The van der Waals surface area contributed by atoms with Gasteiger partial charge in [0.15, 0.2) is 5.82 Å². The lowest BCUT2D eigenvalue weighted by atomic mass is 10.4. The van der Waals surface area contributed by atoms with Crippen LogP contribution in [0.5, 0.6) is 0 Å². The Hall–Kier alpha value is -1.98. The summed E-state index contributed by atoms with van der Waals surface area (Å²) in [6.07, 6.45) is 3.47. The number of anilines is 2. The highest BCUT2D eigenvalue weighted by atomic mass is 15.3. The minimum atomic E-state index is 0.640. The first-order valence-electron chi connectivity index (χ1n) is 4.27. The standard InChI is InChI=1S/C8H12N6/c1-14-5-7(9)8(13-14)10-4-6-2-3-11-12-6/h2-3,5H,4,9H2,1H3,(H,10,13)(H,11,12). The SMILES string of the molecule is Cn1cc(N)c(NCc2ccn[nH]2)n1. The minimum absolute atomic E-state index is 0.640. The van der Waals surface area contributed by atoms with Gasteiger partial charge < -0.3 is 11.1 Å². The molecule has 14 heavy (non-hydrogen) atoms. The Balaban J connectivity index is 2.01. The van der Waals surface area contributed by atoms with Crippen LogP contribution in [0.4, 0.5) is 11.5 Å². The van der Waals surface area contributed by atoms with Crippen LogP contribution >= 0.6 is 0 Å². The fraction of sp³-hybridized carbons (Fsp3) is 0.250. The third kappa shape index (κ3) is 1.68. The van der Waals surface area contributed by atoms with Gasteiger partial charge in [0.05, 0.1) is 17.9 Å². The van der Waals surface area contributed by atoms with Crippen molar-refractivity contribution < 1.29 is 0 Å². The number of nitrogens with one attached hydrogen (secondary N) is 2. The van der Waals surface area contributed by atoms with E-state index in [9.17, 15) is 0 Å². The Morgan fingerprint density at radius 1 is 1.64 bits per heavy atom. The molecule has 2 aromatic rings. The number of hydrogen-bond acceptors (Lipinski definition) is 4. The average Bonchev–Trinajstić information content (AvgIpc) is 2.72. The van der Waals surface area contributed by atoms with E-state index in [2.05, 4.69) is 20.6 Å². The molecule has 0 atom stereocenters. The topological polar surface area (TPSA) is 84.5 Å². The third-order valence-electron chi connectivity index (χ3n) is 1.86. The molecule has 0 fully saturated rings. The van der Waals surface area contributed by atoms with E-state index < -0.39 is 0 Å². The summed E-state index contributed by atoms with van der Waals surface area (Å²) in [5, 5.41) is 13.9. The molecule has 0 saturated heterocycles. The molecule has 0 radical (unpaired) electrons. The van der Waals surface area contributed by atoms with Crippen molar-refractivity contribution in [2.24, 2.45) is 7.05 Å². The molecule has 0 aromatic carbocycles. The number of aromatic amines is 1. The Morgan fingerprint density at radius 3 is 3.07 bits per heavy atom. The molecular formula is C8H12N6. The zero-order valence-electron chi connectivity index (χ0n) is 7.86. The van der Waals surface area contributed by atoms with Gasteiger partial charge in [-0.15, -0.1) is 0 Å². The number of hydrogen-bond donors (Lipinski definition) is 3. The van der Waals surface area contributed by atoms with E-state index in [1.54, 1.807) is 17.1 Å². The third-order valence-corrected chi connectivity index (χ3v) is 1.86. The van der Waals surface area contributed by atoms with Gasteiger partial charge in [-0.1, -0.05) is 0 Å². The molecule has 0 aliphatic heterocycles. The molecule has 2 aromatic heterocycles. The fourth-order valence-electron chi connectivity index (χ4n) is 1.21. The highest BCUT2D eigenvalue weighted by Crippen LogP contribution is 2.14. The Kier molecular flexibility index (Phi) is 2.10. The number of nitrogens with two attached hydrogens (primary N) is 1. The molecule has 2 heterocycles. The monoisotopic (exact) mass is 192 g/mol. The van der Waals surface area contributed by atoms with Crippen molar-refractivity contribution in [3.63, 3.8) is 0 Å². The number of rotatable bonds is 3. The largest absolute Gasteiger partial charge is 0.394 e. The summed E-state index contributed by atoms with van der Waals surface area (Å²) in [6.45, 7) is 0.640. The molecule has 6 nitrogen and oxygen atoms in total. The van der Waals surface area contributed by atoms with Gasteiger partial charge in [-0.05, 0) is 6.07 Å². The molecule has 2 rings (SSSR count). The first-order chi connectivity index (χ1) is 6.75. The van der Waals surface area contributed by atoms with Gasteiger partial charge >= 0.3 is 0 Å². The highest BCUT2D eigenvalue weighted by molar-refractivity contribution is 5.59. The predicted octanol–water partition coefficient (Wildman–Crippen LogP) is 0.337. The van der Waals surface area contributed by atoms with Gasteiger partial charge in [-0.3, -0.25) is 9.78 Å². The van der Waals surface area contributed by atoms with Crippen LogP contribution < -0.4 is 11.1 Å². The van der Waals surface area contributed by atoms with E-state index in [0.29, 0.717) is 18.1 Å². The number of aromatic nitrogens is 4. The van der Waals surface area contributed by atoms with E-state index in [1.807, 2.05) is 13.1 Å². The summed E-state index contributed by atoms with van der Waals surface area (Å²) in [6, 6.07) is 1.89. The lowest BCUT2D eigenvalue weighted by molar-refractivity contribution is 0.768. The van der Waals surface area contributed by atoms with Crippen LogP contribution in [0.1, 0.15) is 5.69 Å². The summed E-state index contributed by atoms with van der Waals surface area (Å²) < 4.78 is 1.67. The average molecular weight is 192 g/mol. The summed E-state index contributed by atoms with van der Waals surface area (Å²) in [4.78, 5) is 0. The van der Waals surface area contributed by atoms with Crippen LogP contribution in [0.2, 0.25) is 0 Å². The summed E-state index contributed by atoms with van der Waals surface area (Å²) >= 11 is 0. The molecular weight excluding hydrogens is 180 g/mol. The second-order valence-electron chi connectivity index (χ2n) is 3.04. The number of nitrogen functional groups attached to an aromatic ring is 1. The highest BCUT2D eigenvalue weighted by Gasteiger charge is 2.03. The van der Waals surface area contributed by atoms with Crippen LogP contribution in [-0.4, -0.2) is 20.0 Å². The zero-order valence-corrected chi connectivity index (χ0v) is 7.86. The van der Waals surface area contributed by atoms with Crippen molar-refractivity contribution >= 4 is 11.5 Å². The van der Waals surface area contributed by atoms with Crippen LogP contribution in [0.15, 0.2) is 18.5 Å². The van der Waals surface area contributed by atoms with Gasteiger partial charge in [0.2, 0.25) is 0 Å². The molecule has 0 saturated carbocycles. The quantitative estimate of drug-likeness (QED) is 0.654. The van der Waals surface area contributed by atoms with Crippen LogP contribution in [0, 0.1) is 0 Å². The van der Waals surface area contributed by atoms with E-state index in [0.717, 1.165) is 5.69 Å². The molecule has 0 unspecified atom stereocenters. The summed E-state index contributed by atoms with van der Waals surface area (Å²) in [7, 11) is 1.83. The molecule has 0 bridgehead atoms. The van der Waals surface area contributed by atoms with Crippen molar-refractivity contribution in [3.8, 4) is 0 Å². The molecule has 74 valence electrons. The van der Waals surface area contributed by atoms with E-state index in [1.165, 1.54) is 0 Å². The second-order valence-corrected chi connectivity index (χ2v) is 3.04. The van der Waals surface area contributed by atoms with E-state index in [4.69, 9.17) is 5.73 Å². The smallest absolute Gasteiger partial charge is 0.171 e. The van der Waals surface area contributed by atoms with Crippen LogP contribution in [-0.2, 0) is 13.6 Å². The minimum Gasteiger partial charge on any atom is -0.394 e. The molecule has 0 amide bonds. The maximum absolute atomic E-state index is 5.71. The second kappa shape index (κ2) is 3.41. The van der Waals surface area contributed by atoms with Crippen LogP contribution in [0.3, 0.4) is 0 Å². The Bertz CT molecular complexity index is 401. The zero-order chi connectivity index (χ0) is 9.97. The maximum Gasteiger partial charge on any atom is 0.171 e. The van der Waals surface area contributed by atoms with E-state index in [-0.39, 0.29) is 0 Å². The molecule has 4 N–H and O–H groups in total. The lowest BCUT2D eigenvalue weighted by Crippen LogP contribution is -2.02. The molecule has 6 heteroatoms. The van der Waals surface area contributed by atoms with Crippen molar-refractivity contribution in [1.29, 1.82) is 0 Å². The van der Waals surface area contributed by atoms with Gasteiger partial charge in [0, 0.05) is 19.4 Å². The summed E-state index contributed by atoms with van der Waals surface area (Å²) in [5.74, 6) is 0.696. The maximum atomic E-state index is 5.71. The molecule has 0 aliphatic rings. The Labute approximate surface area is 81.1 Å². The number of nitrogens with zero attached hydrogens (tertiary/aromatic N) is 3.